The van der Waals surface area contributed by atoms with Gasteiger partial charge in [-0.25, -0.2) is 0 Å². The van der Waals surface area contributed by atoms with Crippen LogP contribution in [0.2, 0.25) is 0 Å². The van der Waals surface area contributed by atoms with E-state index in [-0.39, 0.29) is 18.2 Å². The van der Waals surface area contributed by atoms with E-state index in [1.807, 2.05) is 18.2 Å². The van der Waals surface area contributed by atoms with Gasteiger partial charge in [0.1, 0.15) is 10.8 Å². The van der Waals surface area contributed by atoms with Crippen LogP contribution in [0.1, 0.15) is 30.2 Å². The zero-order valence-electron chi connectivity index (χ0n) is 13.8. The molecule has 7 nitrogen and oxygen atoms in total. The lowest BCUT2D eigenvalue weighted by molar-refractivity contribution is -0.122. The number of benzene rings is 1. The van der Waals surface area contributed by atoms with Gasteiger partial charge < -0.3 is 15.0 Å². The predicted molar refractivity (Wildman–Crippen MR) is 94.0 cm³/mol. The summed E-state index contributed by atoms with van der Waals surface area (Å²) in [6.07, 6.45) is 2.49. The summed E-state index contributed by atoms with van der Waals surface area (Å²) >= 11 is 1.42. The van der Waals surface area contributed by atoms with Gasteiger partial charge in [-0.1, -0.05) is 17.4 Å². The van der Waals surface area contributed by atoms with Crippen molar-refractivity contribution in [2.24, 2.45) is 5.92 Å². The van der Waals surface area contributed by atoms with E-state index in [1.54, 1.807) is 18.1 Å². The number of hydrogen-bond acceptors (Lipinski definition) is 6. The number of nitrogens with zero attached hydrogens (tertiary/aromatic N) is 3. The van der Waals surface area contributed by atoms with Crippen molar-refractivity contribution in [3.8, 4) is 5.75 Å². The molecule has 0 unspecified atom stereocenters. The molecule has 8 heteroatoms. The van der Waals surface area contributed by atoms with Gasteiger partial charge in [-0.3, -0.25) is 9.59 Å². The first-order valence-corrected chi connectivity index (χ1v) is 9.04. The summed E-state index contributed by atoms with van der Waals surface area (Å²) in [5, 5.41) is 12.4. The summed E-state index contributed by atoms with van der Waals surface area (Å²) in [6.45, 7) is 0.353. The molecule has 2 aromatic rings. The van der Waals surface area contributed by atoms with Gasteiger partial charge in [0.15, 0.2) is 0 Å². The Labute approximate surface area is 149 Å². The summed E-state index contributed by atoms with van der Waals surface area (Å²) in [4.78, 5) is 26.4. The molecule has 0 bridgehead atoms. The number of hydrogen-bond donors (Lipinski definition) is 1. The van der Waals surface area contributed by atoms with Crippen LogP contribution in [0.25, 0.3) is 0 Å². The maximum Gasteiger partial charge on any atom is 0.231 e. The highest BCUT2D eigenvalue weighted by molar-refractivity contribution is 7.15. The molecule has 2 fully saturated rings. The highest BCUT2D eigenvalue weighted by Crippen LogP contribution is 2.42. The van der Waals surface area contributed by atoms with E-state index < -0.39 is 5.92 Å². The summed E-state index contributed by atoms with van der Waals surface area (Å²) in [6, 6.07) is 7.29. The van der Waals surface area contributed by atoms with Crippen molar-refractivity contribution in [3.05, 3.63) is 29.3 Å². The summed E-state index contributed by atoms with van der Waals surface area (Å²) < 4.78 is 5.20. The van der Waals surface area contributed by atoms with Gasteiger partial charge in [0, 0.05) is 30.6 Å². The lowest BCUT2D eigenvalue weighted by Crippen LogP contribution is -2.28. The van der Waals surface area contributed by atoms with Gasteiger partial charge >= 0.3 is 0 Å². The number of nitrogens with one attached hydrogen (secondary N) is 1. The monoisotopic (exact) mass is 358 g/mol. The smallest absolute Gasteiger partial charge is 0.231 e. The third-order valence-electron chi connectivity index (χ3n) is 4.46. The Morgan fingerprint density at radius 1 is 1.36 bits per heavy atom. The van der Waals surface area contributed by atoms with Crippen LogP contribution in [-0.2, 0) is 9.59 Å². The fourth-order valence-electron chi connectivity index (χ4n) is 2.90. The summed E-state index contributed by atoms with van der Waals surface area (Å²) in [5.41, 5.74) is 0.742. The molecule has 2 aliphatic rings. The fraction of sp³-hybridized carbons (Fsp3) is 0.412. The number of ether oxygens (including phenoxy) is 1. The first-order chi connectivity index (χ1) is 12.1. The minimum absolute atomic E-state index is 0.0654. The molecule has 1 aliphatic heterocycles. The van der Waals surface area contributed by atoms with Crippen LogP contribution in [0.4, 0.5) is 10.8 Å². The molecule has 0 radical (unpaired) electrons. The minimum Gasteiger partial charge on any atom is -0.497 e. The third kappa shape index (κ3) is 3.34. The number of methoxy groups -OCH3 is 1. The van der Waals surface area contributed by atoms with E-state index in [4.69, 9.17) is 4.74 Å². The lowest BCUT2D eigenvalue weighted by atomic mass is 10.1. The number of anilines is 2. The van der Waals surface area contributed by atoms with E-state index >= 15 is 0 Å². The molecule has 25 heavy (non-hydrogen) atoms. The molecule has 130 valence electrons. The van der Waals surface area contributed by atoms with Crippen molar-refractivity contribution in [1.82, 2.24) is 10.2 Å². The lowest BCUT2D eigenvalue weighted by Gasteiger charge is -2.17. The fourth-order valence-corrected chi connectivity index (χ4v) is 3.81. The zero-order valence-corrected chi connectivity index (χ0v) is 14.6. The third-order valence-corrected chi connectivity index (χ3v) is 5.46. The van der Waals surface area contributed by atoms with Crippen molar-refractivity contribution < 1.29 is 14.3 Å². The van der Waals surface area contributed by atoms with Gasteiger partial charge in [0.05, 0.1) is 13.0 Å². The first-order valence-electron chi connectivity index (χ1n) is 8.22. The van der Waals surface area contributed by atoms with Crippen LogP contribution in [0.5, 0.6) is 5.75 Å². The van der Waals surface area contributed by atoms with E-state index in [1.165, 1.54) is 11.3 Å². The Morgan fingerprint density at radius 3 is 2.96 bits per heavy atom. The molecule has 2 heterocycles. The van der Waals surface area contributed by atoms with Crippen molar-refractivity contribution in [3.63, 3.8) is 0 Å². The molecule has 4 rings (SSSR count). The maximum atomic E-state index is 12.5. The van der Waals surface area contributed by atoms with Crippen LogP contribution in [0.3, 0.4) is 0 Å². The second-order valence-corrected chi connectivity index (χ2v) is 7.32. The van der Waals surface area contributed by atoms with Gasteiger partial charge in [-0.05, 0) is 25.0 Å². The highest BCUT2D eigenvalue weighted by atomic mass is 32.1. The quantitative estimate of drug-likeness (QED) is 0.887. The molecule has 1 N–H and O–H groups in total. The van der Waals surface area contributed by atoms with Crippen LogP contribution in [0, 0.1) is 5.92 Å². The largest absolute Gasteiger partial charge is 0.497 e. The van der Waals surface area contributed by atoms with E-state index in [0.717, 1.165) is 23.5 Å². The Balaban J connectivity index is 1.42. The van der Waals surface area contributed by atoms with Gasteiger partial charge in [-0.2, -0.15) is 0 Å². The Kier molecular flexibility index (Phi) is 4.12. The Bertz CT molecular complexity index is 818. The molecule has 1 aromatic carbocycles. The van der Waals surface area contributed by atoms with Crippen LogP contribution < -0.4 is 15.0 Å². The molecule has 2 amide bonds. The van der Waals surface area contributed by atoms with Gasteiger partial charge in [0.25, 0.3) is 0 Å². The average Bonchev–Trinajstić information content (AvgIpc) is 3.25. The normalized spacial score (nSPS) is 20.0. The average molecular weight is 358 g/mol. The Morgan fingerprint density at radius 2 is 2.20 bits per heavy atom. The number of carbonyl (C=O) groups excluding carboxylic acids is 2. The number of carbonyl (C=O) groups is 2. The molecule has 1 aromatic heterocycles. The second-order valence-electron chi connectivity index (χ2n) is 6.32. The first kappa shape index (κ1) is 16.0. The minimum atomic E-state index is -0.396. The number of aromatic nitrogens is 2. The zero-order chi connectivity index (χ0) is 17.4. The standard InChI is InChI=1S/C17H18N4O3S/c1-24-13-4-2-3-12(8-13)21-9-11(7-14(21)22)15(23)18-17-20-19-16(25-17)10-5-6-10/h2-4,8,10-11H,5-7,9H2,1H3,(H,18,20,23)/t11-/m0/s1. The number of rotatable bonds is 5. The van der Waals surface area contributed by atoms with Crippen molar-refractivity contribution in [2.75, 3.05) is 23.9 Å². The Hall–Kier alpha value is -2.48. The SMILES string of the molecule is COc1cccc(N2C[C@@H](C(=O)Nc3nnc(C4CC4)s3)CC2=O)c1. The molecule has 0 spiro atoms. The molecular weight excluding hydrogens is 340 g/mol. The van der Waals surface area contributed by atoms with E-state index in [2.05, 4.69) is 15.5 Å². The molecule has 1 atom stereocenters. The van der Waals surface area contributed by atoms with Gasteiger partial charge in [0.2, 0.25) is 16.9 Å². The van der Waals surface area contributed by atoms with Crippen molar-refractivity contribution in [1.29, 1.82) is 0 Å². The molecule has 1 saturated carbocycles. The van der Waals surface area contributed by atoms with Crippen LogP contribution in [-0.4, -0.2) is 35.7 Å². The maximum absolute atomic E-state index is 12.5. The molecule has 1 aliphatic carbocycles. The number of amides is 2. The summed E-state index contributed by atoms with van der Waals surface area (Å²) in [7, 11) is 1.58. The van der Waals surface area contributed by atoms with Crippen molar-refractivity contribution >= 4 is 34.0 Å². The topological polar surface area (TPSA) is 84.4 Å². The molecule has 1 saturated heterocycles. The summed E-state index contributed by atoms with van der Waals surface area (Å²) in [5.74, 6) is 0.549. The van der Waals surface area contributed by atoms with E-state index in [0.29, 0.717) is 23.3 Å². The highest BCUT2D eigenvalue weighted by Gasteiger charge is 2.36. The molecular formula is C17H18N4O3S. The van der Waals surface area contributed by atoms with Crippen molar-refractivity contribution in [2.45, 2.75) is 25.2 Å². The van der Waals surface area contributed by atoms with Crippen LogP contribution >= 0.6 is 11.3 Å². The van der Waals surface area contributed by atoms with Gasteiger partial charge in [-0.15, -0.1) is 10.2 Å². The van der Waals surface area contributed by atoms with Crippen LogP contribution in [0.15, 0.2) is 24.3 Å². The van der Waals surface area contributed by atoms with E-state index in [9.17, 15) is 9.59 Å². The predicted octanol–water partition coefficient (Wildman–Crippen LogP) is 2.42. The second kappa shape index (κ2) is 6.44.